The molecule has 0 amide bonds. The van der Waals surface area contributed by atoms with E-state index in [9.17, 15) is 8.42 Å². The van der Waals surface area contributed by atoms with Crippen LogP contribution in [0.1, 0.15) is 16.8 Å². The smallest absolute Gasteiger partial charge is 0.264 e. The fourth-order valence-corrected chi connectivity index (χ4v) is 4.08. The van der Waals surface area contributed by atoms with Gasteiger partial charge in [-0.25, -0.2) is 8.42 Å². The largest absolute Gasteiger partial charge is 0.356 e. The van der Waals surface area contributed by atoms with Crippen molar-refractivity contribution in [2.45, 2.75) is 25.7 Å². The molecular formula is C19H20N2O3S. The monoisotopic (exact) mass is 356 g/mol. The van der Waals surface area contributed by atoms with Gasteiger partial charge in [0.25, 0.3) is 10.0 Å². The van der Waals surface area contributed by atoms with E-state index in [1.165, 1.54) is 4.31 Å². The first-order valence-corrected chi connectivity index (χ1v) is 9.33. The lowest BCUT2D eigenvalue weighted by Crippen LogP contribution is -2.27. The average Bonchev–Trinajstić information content (AvgIpc) is 3.01. The number of benzene rings is 2. The lowest BCUT2D eigenvalue weighted by atomic mass is 10.1. The quantitative estimate of drug-likeness (QED) is 0.706. The number of anilines is 1. The molecule has 0 atom stereocenters. The van der Waals surface area contributed by atoms with Crippen LogP contribution in [0.4, 0.5) is 5.69 Å². The maximum Gasteiger partial charge on any atom is 0.264 e. The second-order valence-corrected chi connectivity index (χ2v) is 8.06. The third-order valence-corrected chi connectivity index (χ3v) is 6.03. The number of aryl methyl sites for hydroxylation is 3. The summed E-state index contributed by atoms with van der Waals surface area (Å²) in [5.74, 6) is 0.548. The number of rotatable bonds is 4. The van der Waals surface area contributed by atoms with Crippen molar-refractivity contribution in [3.63, 3.8) is 0 Å². The van der Waals surface area contributed by atoms with Gasteiger partial charge in [-0.05, 0) is 50.1 Å². The van der Waals surface area contributed by atoms with Crippen LogP contribution in [0.5, 0.6) is 0 Å². The molecule has 0 fully saturated rings. The highest BCUT2D eigenvalue weighted by atomic mass is 32.2. The lowest BCUT2D eigenvalue weighted by Gasteiger charge is -2.21. The fraction of sp³-hybridized carbons (Fsp3) is 0.211. The van der Waals surface area contributed by atoms with Crippen molar-refractivity contribution in [3.05, 3.63) is 65.4 Å². The Morgan fingerprint density at radius 2 is 1.76 bits per heavy atom. The number of sulfonamides is 1. The molecule has 3 rings (SSSR count). The second kappa shape index (κ2) is 6.37. The highest BCUT2D eigenvalue weighted by Gasteiger charge is 2.24. The van der Waals surface area contributed by atoms with Gasteiger partial charge in [0.2, 0.25) is 0 Å². The van der Waals surface area contributed by atoms with Gasteiger partial charge in [0.15, 0.2) is 5.76 Å². The van der Waals surface area contributed by atoms with Crippen LogP contribution >= 0.6 is 0 Å². The Labute approximate surface area is 147 Å². The van der Waals surface area contributed by atoms with Gasteiger partial charge in [0.05, 0.1) is 16.3 Å². The first kappa shape index (κ1) is 17.2. The van der Waals surface area contributed by atoms with Gasteiger partial charge < -0.3 is 4.52 Å². The van der Waals surface area contributed by atoms with Gasteiger partial charge in [-0.2, -0.15) is 0 Å². The van der Waals surface area contributed by atoms with Gasteiger partial charge in [-0.3, -0.25) is 4.31 Å². The van der Waals surface area contributed by atoms with Crippen molar-refractivity contribution in [2.24, 2.45) is 0 Å². The molecular weight excluding hydrogens is 336 g/mol. The second-order valence-electron chi connectivity index (χ2n) is 6.12. The summed E-state index contributed by atoms with van der Waals surface area (Å²) in [7, 11) is -2.13. The molecule has 0 saturated heterocycles. The van der Waals surface area contributed by atoms with Crippen molar-refractivity contribution in [2.75, 3.05) is 11.4 Å². The Hall–Kier alpha value is -2.60. The summed E-state index contributed by atoms with van der Waals surface area (Å²) in [5, 5.41) is 3.86. The van der Waals surface area contributed by atoms with E-state index in [-0.39, 0.29) is 4.90 Å². The topological polar surface area (TPSA) is 63.4 Å². The first-order chi connectivity index (χ1) is 11.8. The summed E-state index contributed by atoms with van der Waals surface area (Å²) in [6.07, 6.45) is 0. The Morgan fingerprint density at radius 1 is 1.00 bits per heavy atom. The van der Waals surface area contributed by atoms with Crippen molar-refractivity contribution in [1.82, 2.24) is 5.16 Å². The van der Waals surface area contributed by atoms with E-state index in [2.05, 4.69) is 5.16 Å². The molecule has 2 aromatic carbocycles. The van der Waals surface area contributed by atoms with Crippen molar-refractivity contribution in [3.8, 4) is 11.3 Å². The SMILES string of the molecule is Cc1cccc(N(C)S(=O)(=O)c2cc(-c3cc(C)no3)ccc2C)c1. The van der Waals surface area contributed by atoms with Crippen LogP contribution in [0.15, 0.2) is 57.9 Å². The normalized spacial score (nSPS) is 11.5. The van der Waals surface area contributed by atoms with E-state index in [1.54, 1.807) is 38.2 Å². The molecule has 5 nitrogen and oxygen atoms in total. The molecule has 6 heteroatoms. The zero-order valence-corrected chi connectivity index (χ0v) is 15.5. The summed E-state index contributed by atoms with van der Waals surface area (Å²) in [5.41, 5.74) is 3.74. The highest BCUT2D eigenvalue weighted by molar-refractivity contribution is 7.92. The summed E-state index contributed by atoms with van der Waals surface area (Å²) < 4.78 is 32.8. The molecule has 0 spiro atoms. The Balaban J connectivity index is 2.07. The van der Waals surface area contributed by atoms with E-state index in [0.717, 1.165) is 11.3 Å². The van der Waals surface area contributed by atoms with E-state index >= 15 is 0 Å². The van der Waals surface area contributed by atoms with Crippen LogP contribution in [-0.4, -0.2) is 20.6 Å². The molecule has 3 aromatic rings. The molecule has 0 unspecified atom stereocenters. The molecule has 0 N–H and O–H groups in total. The van der Waals surface area contributed by atoms with Crippen molar-refractivity contribution >= 4 is 15.7 Å². The molecule has 0 aliphatic carbocycles. The third kappa shape index (κ3) is 3.30. The Kier molecular flexibility index (Phi) is 4.39. The fourth-order valence-electron chi connectivity index (χ4n) is 2.64. The Bertz CT molecular complexity index is 1020. The van der Waals surface area contributed by atoms with E-state index in [0.29, 0.717) is 22.6 Å². The maximum atomic E-state index is 13.1. The summed E-state index contributed by atoms with van der Waals surface area (Å²) in [4.78, 5) is 0.253. The van der Waals surface area contributed by atoms with Gasteiger partial charge in [-0.15, -0.1) is 0 Å². The zero-order valence-electron chi connectivity index (χ0n) is 14.6. The van der Waals surface area contributed by atoms with Gasteiger partial charge in [-0.1, -0.05) is 29.4 Å². The predicted octanol–water partition coefficient (Wildman–Crippen LogP) is 4.09. The number of aromatic nitrogens is 1. The van der Waals surface area contributed by atoms with Crippen LogP contribution in [0.25, 0.3) is 11.3 Å². The minimum Gasteiger partial charge on any atom is -0.356 e. The van der Waals surface area contributed by atoms with Crippen molar-refractivity contribution in [1.29, 1.82) is 0 Å². The highest BCUT2D eigenvalue weighted by Crippen LogP contribution is 2.29. The standard InChI is InChI=1S/C19H20N2O3S/c1-13-6-5-7-17(10-13)21(4)25(22,23)19-12-16(9-8-14(19)2)18-11-15(3)20-24-18/h5-12H,1-4H3. The van der Waals surface area contributed by atoms with Gasteiger partial charge in [0, 0.05) is 18.7 Å². The predicted molar refractivity (Wildman–Crippen MR) is 98.2 cm³/mol. The molecule has 25 heavy (non-hydrogen) atoms. The van der Waals surface area contributed by atoms with Crippen LogP contribution in [0.2, 0.25) is 0 Å². The molecule has 0 aliphatic heterocycles. The molecule has 130 valence electrons. The first-order valence-electron chi connectivity index (χ1n) is 7.89. The third-order valence-electron chi connectivity index (χ3n) is 4.10. The molecule has 1 heterocycles. The van der Waals surface area contributed by atoms with Gasteiger partial charge >= 0.3 is 0 Å². The van der Waals surface area contributed by atoms with Crippen LogP contribution < -0.4 is 4.31 Å². The summed E-state index contributed by atoms with van der Waals surface area (Å²) in [6, 6.07) is 14.4. The summed E-state index contributed by atoms with van der Waals surface area (Å²) in [6.45, 7) is 5.54. The molecule has 0 bridgehead atoms. The minimum atomic E-state index is -3.69. The number of hydrogen-bond acceptors (Lipinski definition) is 4. The van der Waals surface area contributed by atoms with Gasteiger partial charge in [0.1, 0.15) is 0 Å². The van der Waals surface area contributed by atoms with E-state index in [1.807, 2.05) is 38.1 Å². The average molecular weight is 356 g/mol. The molecule has 0 radical (unpaired) electrons. The number of nitrogens with zero attached hydrogens (tertiary/aromatic N) is 2. The number of hydrogen-bond donors (Lipinski definition) is 0. The molecule has 0 saturated carbocycles. The molecule has 0 aliphatic rings. The minimum absolute atomic E-state index is 0.253. The van der Waals surface area contributed by atoms with Crippen LogP contribution in [-0.2, 0) is 10.0 Å². The van der Waals surface area contributed by atoms with Crippen LogP contribution in [0.3, 0.4) is 0 Å². The van der Waals surface area contributed by atoms with Crippen molar-refractivity contribution < 1.29 is 12.9 Å². The maximum absolute atomic E-state index is 13.1. The van der Waals surface area contributed by atoms with E-state index in [4.69, 9.17) is 4.52 Å². The Morgan fingerprint density at radius 3 is 2.40 bits per heavy atom. The summed E-state index contributed by atoms with van der Waals surface area (Å²) >= 11 is 0. The zero-order chi connectivity index (χ0) is 18.2. The van der Waals surface area contributed by atoms with E-state index < -0.39 is 10.0 Å². The van der Waals surface area contributed by atoms with Crippen LogP contribution in [0, 0.1) is 20.8 Å². The lowest BCUT2D eigenvalue weighted by molar-refractivity contribution is 0.427. The molecule has 1 aromatic heterocycles.